The maximum atomic E-state index is 12.7. The molecule has 32 heavy (non-hydrogen) atoms. The van der Waals surface area contributed by atoms with Crippen molar-refractivity contribution in [1.29, 1.82) is 0 Å². The van der Waals surface area contributed by atoms with Crippen LogP contribution in [0.3, 0.4) is 0 Å². The maximum Gasteiger partial charge on any atom is 0.338 e. The van der Waals surface area contributed by atoms with E-state index in [2.05, 4.69) is 5.32 Å². The summed E-state index contributed by atoms with van der Waals surface area (Å²) in [4.78, 5) is 40.5. The molecular formula is C22H23Cl2N3O5. The number of nitrogens with zero attached hydrogens (tertiary/aromatic N) is 2. The highest BCUT2D eigenvalue weighted by atomic mass is 35.5. The first kappa shape index (κ1) is 23.7. The predicted molar refractivity (Wildman–Crippen MR) is 122 cm³/mol. The Morgan fingerprint density at radius 3 is 2.47 bits per heavy atom. The van der Waals surface area contributed by atoms with E-state index in [1.807, 2.05) is 0 Å². The van der Waals surface area contributed by atoms with Crippen molar-refractivity contribution in [3.8, 4) is 5.75 Å². The summed E-state index contributed by atoms with van der Waals surface area (Å²) in [5, 5.41) is 3.43. The van der Waals surface area contributed by atoms with E-state index in [0.717, 1.165) is 0 Å². The van der Waals surface area contributed by atoms with Gasteiger partial charge in [0.05, 0.1) is 29.3 Å². The molecule has 8 nitrogen and oxygen atoms in total. The van der Waals surface area contributed by atoms with Crippen LogP contribution in [0.5, 0.6) is 5.75 Å². The first-order chi connectivity index (χ1) is 15.3. The van der Waals surface area contributed by atoms with Gasteiger partial charge in [-0.1, -0.05) is 23.2 Å². The van der Waals surface area contributed by atoms with Gasteiger partial charge in [0.1, 0.15) is 18.4 Å². The highest BCUT2D eigenvalue weighted by molar-refractivity contribution is 6.42. The molecule has 1 fully saturated rings. The summed E-state index contributed by atoms with van der Waals surface area (Å²) in [7, 11) is 1.54. The van der Waals surface area contributed by atoms with Crippen molar-refractivity contribution in [3.63, 3.8) is 0 Å². The summed E-state index contributed by atoms with van der Waals surface area (Å²) < 4.78 is 10.3. The van der Waals surface area contributed by atoms with Crippen LogP contribution in [-0.4, -0.2) is 67.1 Å². The van der Waals surface area contributed by atoms with Crippen LogP contribution < -0.4 is 10.1 Å². The minimum Gasteiger partial charge on any atom is -0.497 e. The molecule has 1 saturated heterocycles. The lowest BCUT2D eigenvalue weighted by Gasteiger charge is -2.38. The Hall–Kier alpha value is -2.97. The van der Waals surface area contributed by atoms with Crippen LogP contribution in [0.4, 0.5) is 10.5 Å². The first-order valence-corrected chi connectivity index (χ1v) is 10.7. The second-order valence-corrected chi connectivity index (χ2v) is 7.93. The van der Waals surface area contributed by atoms with Gasteiger partial charge in [-0.05, 0) is 49.4 Å². The monoisotopic (exact) mass is 479 g/mol. The fourth-order valence-electron chi connectivity index (χ4n) is 3.26. The Balaban J connectivity index is 1.49. The van der Waals surface area contributed by atoms with Crippen LogP contribution >= 0.6 is 23.2 Å². The Morgan fingerprint density at radius 1 is 1.09 bits per heavy atom. The molecule has 0 aliphatic carbocycles. The number of carbonyl (C=O) groups excluding carboxylic acids is 3. The second-order valence-electron chi connectivity index (χ2n) is 7.12. The highest BCUT2D eigenvalue weighted by Crippen LogP contribution is 2.25. The van der Waals surface area contributed by atoms with Crippen molar-refractivity contribution in [2.24, 2.45) is 0 Å². The van der Waals surface area contributed by atoms with Crippen molar-refractivity contribution in [2.75, 3.05) is 38.7 Å². The molecule has 170 valence electrons. The van der Waals surface area contributed by atoms with Crippen LogP contribution in [0, 0.1) is 0 Å². The molecule has 1 aliphatic rings. The van der Waals surface area contributed by atoms with Crippen LogP contribution in [0.1, 0.15) is 17.3 Å². The number of piperazine rings is 1. The van der Waals surface area contributed by atoms with E-state index in [1.54, 1.807) is 61.4 Å². The highest BCUT2D eigenvalue weighted by Gasteiger charge is 2.34. The fraction of sp³-hybridized carbons (Fsp3) is 0.318. The van der Waals surface area contributed by atoms with E-state index in [1.165, 1.54) is 4.90 Å². The molecule has 0 unspecified atom stereocenters. The number of urea groups is 1. The number of ether oxygens (including phenoxy) is 2. The summed E-state index contributed by atoms with van der Waals surface area (Å²) in [5.41, 5.74) is 0.881. The third kappa shape index (κ3) is 5.63. The Bertz CT molecular complexity index is 1000. The minimum absolute atomic E-state index is 0.0544. The minimum atomic E-state index is -0.663. The summed E-state index contributed by atoms with van der Waals surface area (Å²) in [6, 6.07) is 10.2. The largest absolute Gasteiger partial charge is 0.497 e. The second kappa shape index (κ2) is 10.6. The number of hydrogen-bond acceptors (Lipinski definition) is 5. The van der Waals surface area contributed by atoms with Crippen LogP contribution in [0.25, 0.3) is 0 Å². The Kier molecular flexibility index (Phi) is 7.82. The van der Waals surface area contributed by atoms with E-state index in [9.17, 15) is 14.4 Å². The van der Waals surface area contributed by atoms with Gasteiger partial charge in [0.25, 0.3) is 0 Å². The molecule has 1 aliphatic heterocycles. The summed E-state index contributed by atoms with van der Waals surface area (Å²) in [5.74, 6) is -0.0592. The normalized spacial score (nSPS) is 16.0. The van der Waals surface area contributed by atoms with E-state index >= 15 is 0 Å². The zero-order chi connectivity index (χ0) is 23.3. The van der Waals surface area contributed by atoms with Gasteiger partial charge in [0.15, 0.2) is 0 Å². The summed E-state index contributed by atoms with van der Waals surface area (Å²) in [6.07, 6.45) is 0. The third-order valence-corrected chi connectivity index (χ3v) is 5.84. The van der Waals surface area contributed by atoms with E-state index in [0.29, 0.717) is 40.1 Å². The average molecular weight is 480 g/mol. The molecule has 10 heteroatoms. The maximum absolute atomic E-state index is 12.7. The van der Waals surface area contributed by atoms with Gasteiger partial charge in [0.2, 0.25) is 5.91 Å². The number of methoxy groups -OCH3 is 1. The van der Waals surface area contributed by atoms with Crippen molar-refractivity contribution in [1.82, 2.24) is 9.80 Å². The van der Waals surface area contributed by atoms with E-state index in [-0.39, 0.29) is 19.1 Å². The molecule has 0 spiro atoms. The molecule has 0 saturated carbocycles. The Labute approximate surface area is 196 Å². The zero-order valence-corrected chi connectivity index (χ0v) is 19.2. The molecule has 2 aromatic rings. The van der Waals surface area contributed by atoms with Crippen LogP contribution in [-0.2, 0) is 9.53 Å². The topological polar surface area (TPSA) is 88.2 Å². The molecule has 3 rings (SSSR count). The molecule has 3 amide bonds. The number of benzene rings is 2. The summed E-state index contributed by atoms with van der Waals surface area (Å²) >= 11 is 11.9. The number of esters is 1. The first-order valence-electron chi connectivity index (χ1n) is 9.93. The lowest BCUT2D eigenvalue weighted by Crippen LogP contribution is -2.58. The standard InChI is InChI=1S/C22H23Cl2N3O5/c1-14-20(28)26(11-12-32-21(29)15-3-6-17(31-2)7-4-15)9-10-27(14)22(30)25-16-5-8-18(23)19(24)13-16/h3-8,13-14H,9-12H2,1-2H3,(H,25,30)/t14-/m0/s1. The van der Waals surface area contributed by atoms with Gasteiger partial charge in [-0.3, -0.25) is 4.79 Å². The van der Waals surface area contributed by atoms with Gasteiger partial charge >= 0.3 is 12.0 Å². The lowest BCUT2D eigenvalue weighted by molar-refractivity contribution is -0.139. The number of amides is 3. The lowest BCUT2D eigenvalue weighted by atomic mass is 10.2. The molecule has 0 radical (unpaired) electrons. The van der Waals surface area contributed by atoms with E-state index in [4.69, 9.17) is 32.7 Å². The quantitative estimate of drug-likeness (QED) is 0.634. The molecular weight excluding hydrogens is 457 g/mol. The zero-order valence-electron chi connectivity index (χ0n) is 17.6. The predicted octanol–water partition coefficient (Wildman–Crippen LogP) is 3.92. The van der Waals surface area contributed by atoms with Gasteiger partial charge in [0, 0.05) is 18.8 Å². The van der Waals surface area contributed by atoms with Gasteiger partial charge in [-0.15, -0.1) is 0 Å². The molecule has 1 heterocycles. The average Bonchev–Trinajstić information content (AvgIpc) is 2.79. The number of nitrogens with one attached hydrogen (secondary N) is 1. The fourth-order valence-corrected chi connectivity index (χ4v) is 3.56. The number of hydrogen-bond donors (Lipinski definition) is 1. The number of rotatable bonds is 6. The molecule has 1 atom stereocenters. The number of halogens is 2. The van der Waals surface area contributed by atoms with Gasteiger partial charge in [-0.2, -0.15) is 0 Å². The van der Waals surface area contributed by atoms with Crippen molar-refractivity contribution in [2.45, 2.75) is 13.0 Å². The molecule has 0 aromatic heterocycles. The van der Waals surface area contributed by atoms with E-state index < -0.39 is 18.0 Å². The summed E-state index contributed by atoms with van der Waals surface area (Å²) in [6.45, 7) is 2.63. The van der Waals surface area contributed by atoms with Crippen LogP contribution in [0.15, 0.2) is 42.5 Å². The third-order valence-electron chi connectivity index (χ3n) is 5.10. The molecule has 2 aromatic carbocycles. The van der Waals surface area contributed by atoms with Crippen molar-refractivity contribution < 1.29 is 23.9 Å². The van der Waals surface area contributed by atoms with Crippen LogP contribution in [0.2, 0.25) is 10.0 Å². The molecule has 0 bridgehead atoms. The van der Waals surface area contributed by atoms with Crippen molar-refractivity contribution >= 4 is 46.8 Å². The van der Waals surface area contributed by atoms with Crippen molar-refractivity contribution in [3.05, 3.63) is 58.1 Å². The number of carbonyl (C=O) groups is 3. The smallest absolute Gasteiger partial charge is 0.338 e. The SMILES string of the molecule is COc1ccc(C(=O)OCCN2CCN(C(=O)Nc3ccc(Cl)c(Cl)c3)[C@@H](C)C2=O)cc1. The van der Waals surface area contributed by atoms with Gasteiger partial charge in [-0.25, -0.2) is 9.59 Å². The van der Waals surface area contributed by atoms with Gasteiger partial charge < -0.3 is 24.6 Å². The molecule has 1 N–H and O–H groups in total. The number of anilines is 1. The Morgan fingerprint density at radius 2 is 1.81 bits per heavy atom.